The lowest BCUT2D eigenvalue weighted by Crippen LogP contribution is -2.30. The van der Waals surface area contributed by atoms with E-state index in [1.54, 1.807) is 30.3 Å². The lowest BCUT2D eigenvalue weighted by atomic mass is 10.2. The summed E-state index contributed by atoms with van der Waals surface area (Å²) in [4.78, 5) is 13.9. The monoisotopic (exact) mass is 383 g/mol. The molecule has 0 bridgehead atoms. The van der Waals surface area contributed by atoms with E-state index in [9.17, 15) is 9.00 Å². The van der Waals surface area contributed by atoms with Crippen LogP contribution in [0.25, 0.3) is 0 Å². The van der Waals surface area contributed by atoms with Crippen LogP contribution in [-0.2, 0) is 10.8 Å². The van der Waals surface area contributed by atoms with Crippen molar-refractivity contribution in [3.05, 3.63) is 47.0 Å². The highest BCUT2D eigenvalue weighted by molar-refractivity contribution is 7.98. The number of hydrogen-bond acceptors (Lipinski definition) is 5. The van der Waals surface area contributed by atoms with Crippen molar-refractivity contribution in [3.63, 3.8) is 0 Å². The van der Waals surface area contributed by atoms with Crippen molar-refractivity contribution < 1.29 is 9.00 Å². The van der Waals surface area contributed by atoms with Crippen molar-refractivity contribution >= 4 is 51.4 Å². The van der Waals surface area contributed by atoms with E-state index in [-0.39, 0.29) is 5.91 Å². The van der Waals surface area contributed by atoms with Gasteiger partial charge in [0, 0.05) is 21.4 Å². The molecule has 0 radical (unpaired) electrons. The fourth-order valence-electron chi connectivity index (χ4n) is 2.00. The summed E-state index contributed by atoms with van der Waals surface area (Å²) in [6.45, 7) is 1.82. The quantitative estimate of drug-likeness (QED) is 0.403. The molecule has 128 valence electrons. The molecule has 1 amide bonds. The van der Waals surface area contributed by atoms with Gasteiger partial charge in [0.15, 0.2) is 0 Å². The lowest BCUT2D eigenvalue weighted by Gasteiger charge is -2.14. The van der Waals surface area contributed by atoms with E-state index < -0.39 is 10.8 Å². The van der Waals surface area contributed by atoms with E-state index in [0.29, 0.717) is 32.6 Å². The summed E-state index contributed by atoms with van der Waals surface area (Å²) in [5.74, 6) is 0.0871. The molecule has 1 unspecified atom stereocenters. The number of amides is 1. The summed E-state index contributed by atoms with van der Waals surface area (Å²) in [5.41, 5.74) is 12.5. The topological polar surface area (TPSA) is 84.2 Å². The number of rotatable bonds is 6. The largest absolute Gasteiger partial charge is 0.398 e. The number of carbonyl (C=O) groups is 1. The van der Waals surface area contributed by atoms with Crippen LogP contribution in [0.15, 0.2) is 46.2 Å². The number of benzene rings is 2. The van der Waals surface area contributed by atoms with Crippen molar-refractivity contribution in [3.8, 4) is 0 Å². The van der Waals surface area contributed by atoms with E-state index in [0.717, 1.165) is 4.90 Å². The average Bonchev–Trinajstić information content (AvgIpc) is 2.59. The van der Waals surface area contributed by atoms with E-state index >= 15 is 0 Å². The third-order valence-corrected chi connectivity index (χ3v) is 5.60. The Balaban J connectivity index is 2.20. The molecule has 0 aliphatic heterocycles. The number of halogens is 1. The SMILES string of the molecule is CCS(=O)c1ccc(Cl)cc1NNC(=O)c1cc(SC)ccc1N. The average molecular weight is 384 g/mol. The zero-order valence-corrected chi connectivity index (χ0v) is 15.6. The number of thioether (sulfide) groups is 1. The van der Waals surface area contributed by atoms with Crippen LogP contribution in [0.1, 0.15) is 17.3 Å². The molecule has 24 heavy (non-hydrogen) atoms. The Bertz CT molecular complexity index is 784. The molecule has 5 nitrogen and oxygen atoms in total. The molecular formula is C16H18ClN3O2S2. The molecule has 2 aromatic rings. The van der Waals surface area contributed by atoms with Gasteiger partial charge in [-0.05, 0) is 42.7 Å². The minimum Gasteiger partial charge on any atom is -0.398 e. The maximum atomic E-state index is 12.4. The van der Waals surface area contributed by atoms with Gasteiger partial charge in [0.1, 0.15) is 0 Å². The smallest absolute Gasteiger partial charge is 0.271 e. The number of nitrogens with two attached hydrogens (primary N) is 1. The molecule has 0 saturated carbocycles. The van der Waals surface area contributed by atoms with E-state index in [4.69, 9.17) is 17.3 Å². The van der Waals surface area contributed by atoms with Gasteiger partial charge in [-0.1, -0.05) is 18.5 Å². The van der Waals surface area contributed by atoms with Crippen molar-refractivity contribution in [1.82, 2.24) is 5.43 Å². The Morgan fingerprint density at radius 2 is 2.04 bits per heavy atom. The normalized spacial score (nSPS) is 11.8. The van der Waals surface area contributed by atoms with Crippen molar-refractivity contribution in [2.24, 2.45) is 0 Å². The molecule has 0 aromatic heterocycles. The molecule has 0 fully saturated rings. The van der Waals surface area contributed by atoms with Gasteiger partial charge in [0.05, 0.1) is 26.9 Å². The molecule has 2 aromatic carbocycles. The van der Waals surface area contributed by atoms with Crippen molar-refractivity contribution in [2.45, 2.75) is 16.7 Å². The van der Waals surface area contributed by atoms with E-state index in [1.165, 1.54) is 11.8 Å². The lowest BCUT2D eigenvalue weighted by molar-refractivity contribution is 0.0963. The second-order valence-corrected chi connectivity index (χ2v) is 7.83. The minimum atomic E-state index is -1.18. The van der Waals surface area contributed by atoms with Crippen LogP contribution in [0.4, 0.5) is 11.4 Å². The highest BCUT2D eigenvalue weighted by atomic mass is 35.5. The fraction of sp³-hybridized carbons (Fsp3) is 0.188. The first-order valence-electron chi connectivity index (χ1n) is 7.14. The summed E-state index contributed by atoms with van der Waals surface area (Å²) in [5, 5.41) is 0.479. The van der Waals surface area contributed by atoms with Crippen LogP contribution in [0.3, 0.4) is 0 Å². The summed E-state index contributed by atoms with van der Waals surface area (Å²) < 4.78 is 12.1. The van der Waals surface area contributed by atoms with Crippen LogP contribution < -0.4 is 16.6 Å². The standard InChI is InChI=1S/C16H18ClN3O2S2/c1-3-24(22)15-7-4-10(17)8-14(15)19-20-16(21)12-9-11(23-2)5-6-13(12)18/h4-9,19H,3,18H2,1-2H3,(H,20,21). The van der Waals surface area contributed by atoms with Gasteiger partial charge in [-0.25, -0.2) is 0 Å². The second-order valence-electron chi connectivity index (χ2n) is 4.81. The molecule has 4 N–H and O–H groups in total. The van der Waals surface area contributed by atoms with Crippen LogP contribution in [0.2, 0.25) is 5.02 Å². The van der Waals surface area contributed by atoms with Gasteiger partial charge in [-0.2, -0.15) is 0 Å². The van der Waals surface area contributed by atoms with Gasteiger partial charge < -0.3 is 5.73 Å². The summed E-state index contributed by atoms with van der Waals surface area (Å²) in [6, 6.07) is 10.2. The summed E-state index contributed by atoms with van der Waals surface area (Å²) in [7, 11) is -1.18. The Morgan fingerprint density at radius 3 is 2.71 bits per heavy atom. The molecule has 0 aliphatic rings. The molecular weight excluding hydrogens is 366 g/mol. The molecule has 1 atom stereocenters. The second kappa shape index (κ2) is 8.41. The maximum absolute atomic E-state index is 12.4. The van der Waals surface area contributed by atoms with Crippen molar-refractivity contribution in [1.29, 1.82) is 0 Å². The fourth-order valence-corrected chi connectivity index (χ4v) is 3.50. The van der Waals surface area contributed by atoms with Gasteiger partial charge in [-0.15, -0.1) is 11.8 Å². The highest BCUT2D eigenvalue weighted by Gasteiger charge is 2.13. The number of carbonyl (C=O) groups excluding carboxylic acids is 1. The predicted octanol–water partition coefficient (Wildman–Crippen LogP) is 3.53. The third kappa shape index (κ3) is 4.43. The van der Waals surface area contributed by atoms with E-state index in [1.807, 2.05) is 19.2 Å². The highest BCUT2D eigenvalue weighted by Crippen LogP contribution is 2.24. The minimum absolute atomic E-state index is 0.370. The Morgan fingerprint density at radius 1 is 1.29 bits per heavy atom. The molecule has 0 spiro atoms. The van der Waals surface area contributed by atoms with Crippen molar-refractivity contribution in [2.75, 3.05) is 23.2 Å². The summed E-state index contributed by atoms with van der Waals surface area (Å²) >= 11 is 7.51. The molecule has 0 heterocycles. The summed E-state index contributed by atoms with van der Waals surface area (Å²) in [6.07, 6.45) is 1.92. The number of hydrazine groups is 1. The predicted molar refractivity (Wildman–Crippen MR) is 102 cm³/mol. The number of hydrogen-bond donors (Lipinski definition) is 3. The molecule has 8 heteroatoms. The zero-order chi connectivity index (χ0) is 17.7. The first kappa shape index (κ1) is 18.6. The zero-order valence-electron chi connectivity index (χ0n) is 13.3. The van der Waals surface area contributed by atoms with Gasteiger partial charge in [0.25, 0.3) is 5.91 Å². The Labute approximate surface area is 152 Å². The van der Waals surface area contributed by atoms with Crippen LogP contribution in [-0.4, -0.2) is 22.1 Å². The maximum Gasteiger partial charge on any atom is 0.271 e. The van der Waals surface area contributed by atoms with Gasteiger partial charge in [0.2, 0.25) is 0 Å². The van der Waals surface area contributed by atoms with Crippen LogP contribution >= 0.6 is 23.4 Å². The molecule has 0 saturated heterocycles. The first-order chi connectivity index (χ1) is 11.5. The number of nitrogen functional groups attached to an aromatic ring is 1. The van der Waals surface area contributed by atoms with Gasteiger partial charge >= 0.3 is 0 Å². The van der Waals surface area contributed by atoms with Crippen LogP contribution in [0.5, 0.6) is 0 Å². The van der Waals surface area contributed by atoms with Gasteiger partial charge in [-0.3, -0.25) is 19.9 Å². The van der Waals surface area contributed by atoms with Crippen LogP contribution in [0, 0.1) is 0 Å². The Hall–Kier alpha value is -1.70. The van der Waals surface area contributed by atoms with E-state index in [2.05, 4.69) is 10.9 Å². The first-order valence-corrected chi connectivity index (χ1v) is 10.1. The number of anilines is 2. The third-order valence-electron chi connectivity index (χ3n) is 3.26. The molecule has 0 aliphatic carbocycles. The Kier molecular flexibility index (Phi) is 6.53. The molecule has 2 rings (SSSR count). The number of nitrogens with one attached hydrogen (secondary N) is 2.